The summed E-state index contributed by atoms with van der Waals surface area (Å²) in [7, 11) is 0. The van der Waals surface area contributed by atoms with Crippen molar-refractivity contribution < 1.29 is 4.92 Å². The van der Waals surface area contributed by atoms with Crippen LogP contribution in [-0.4, -0.2) is 20.9 Å². The van der Waals surface area contributed by atoms with E-state index in [0.717, 1.165) is 31.2 Å². The largest absolute Gasteiger partial charge is 0.378 e. The van der Waals surface area contributed by atoms with E-state index >= 15 is 0 Å². The van der Waals surface area contributed by atoms with E-state index in [4.69, 9.17) is 23.1 Å². The number of nitro groups is 1. The van der Waals surface area contributed by atoms with E-state index in [1.165, 1.54) is 0 Å². The van der Waals surface area contributed by atoms with Crippen LogP contribution in [0.5, 0.6) is 0 Å². The zero-order valence-corrected chi connectivity index (χ0v) is 15.7. The maximum atomic E-state index is 11.5. The SMILES string of the molecule is Nc1nc(NCc2cccc(Cl)c2)nc(C[C@H]2CC[C@H](N)CC2)c1[N+](=O)[O-]. The van der Waals surface area contributed by atoms with Gasteiger partial charge >= 0.3 is 5.69 Å². The lowest BCUT2D eigenvalue weighted by atomic mass is 9.83. The van der Waals surface area contributed by atoms with E-state index in [2.05, 4.69) is 15.3 Å². The molecule has 0 unspecified atom stereocenters. The topological polar surface area (TPSA) is 133 Å². The molecule has 27 heavy (non-hydrogen) atoms. The van der Waals surface area contributed by atoms with Crippen molar-refractivity contribution >= 4 is 29.1 Å². The standard InChI is InChI=1S/C18H23ClN6O2/c19-13-3-1-2-12(8-13)10-22-18-23-15(16(25(26)27)17(21)24-18)9-11-4-6-14(20)7-5-11/h1-3,8,11,14H,4-7,9-10,20H2,(H3,21,22,23,24)/t11-,14-. The van der Waals surface area contributed by atoms with Gasteiger partial charge in [0.25, 0.3) is 0 Å². The maximum Gasteiger partial charge on any atom is 0.332 e. The third-order valence-corrected chi connectivity index (χ3v) is 5.11. The fourth-order valence-electron chi connectivity index (χ4n) is 3.43. The first-order valence-electron chi connectivity index (χ1n) is 8.97. The minimum absolute atomic E-state index is 0.119. The Kier molecular flexibility index (Phi) is 6.08. The van der Waals surface area contributed by atoms with Gasteiger partial charge in [0.15, 0.2) is 0 Å². The van der Waals surface area contributed by atoms with E-state index in [0.29, 0.717) is 29.6 Å². The molecule has 0 atom stereocenters. The predicted molar refractivity (Wildman–Crippen MR) is 106 cm³/mol. The lowest BCUT2D eigenvalue weighted by molar-refractivity contribution is -0.385. The van der Waals surface area contributed by atoms with Crippen molar-refractivity contribution in [1.29, 1.82) is 0 Å². The summed E-state index contributed by atoms with van der Waals surface area (Å²) in [5.74, 6) is 0.477. The number of anilines is 2. The monoisotopic (exact) mass is 390 g/mol. The molecule has 1 aliphatic rings. The fourth-order valence-corrected chi connectivity index (χ4v) is 3.65. The molecule has 1 aromatic heterocycles. The number of nitrogens with two attached hydrogens (primary N) is 2. The Morgan fingerprint density at radius 2 is 2.00 bits per heavy atom. The van der Waals surface area contributed by atoms with Crippen LogP contribution in [0.3, 0.4) is 0 Å². The van der Waals surface area contributed by atoms with Crippen molar-refractivity contribution in [2.24, 2.45) is 11.7 Å². The summed E-state index contributed by atoms with van der Waals surface area (Å²) in [6.07, 6.45) is 4.24. The van der Waals surface area contributed by atoms with Crippen molar-refractivity contribution in [1.82, 2.24) is 9.97 Å². The number of aromatic nitrogens is 2. The summed E-state index contributed by atoms with van der Waals surface area (Å²) in [5.41, 5.74) is 12.9. The molecule has 8 nitrogen and oxygen atoms in total. The number of halogens is 1. The third-order valence-electron chi connectivity index (χ3n) is 4.88. The highest BCUT2D eigenvalue weighted by Crippen LogP contribution is 2.32. The molecule has 1 aliphatic carbocycles. The molecule has 3 rings (SSSR count). The van der Waals surface area contributed by atoms with Crippen LogP contribution >= 0.6 is 11.6 Å². The maximum absolute atomic E-state index is 11.5. The van der Waals surface area contributed by atoms with Crippen molar-refractivity contribution in [3.63, 3.8) is 0 Å². The molecule has 0 bridgehead atoms. The number of hydrogen-bond donors (Lipinski definition) is 3. The Morgan fingerprint density at radius 3 is 2.67 bits per heavy atom. The van der Waals surface area contributed by atoms with Crippen LogP contribution in [-0.2, 0) is 13.0 Å². The van der Waals surface area contributed by atoms with E-state index < -0.39 is 4.92 Å². The molecule has 1 aromatic carbocycles. The molecule has 2 aromatic rings. The van der Waals surface area contributed by atoms with Gasteiger partial charge < -0.3 is 16.8 Å². The number of nitrogens with zero attached hydrogens (tertiary/aromatic N) is 3. The van der Waals surface area contributed by atoms with Gasteiger partial charge in [-0.15, -0.1) is 0 Å². The average molecular weight is 391 g/mol. The van der Waals surface area contributed by atoms with Gasteiger partial charge in [-0.2, -0.15) is 4.98 Å². The summed E-state index contributed by atoms with van der Waals surface area (Å²) >= 11 is 5.99. The molecule has 0 amide bonds. The van der Waals surface area contributed by atoms with Crippen molar-refractivity contribution in [3.8, 4) is 0 Å². The first-order chi connectivity index (χ1) is 12.9. The normalized spacial score (nSPS) is 19.6. The Hall–Kier alpha value is -2.45. The number of benzene rings is 1. The minimum Gasteiger partial charge on any atom is -0.378 e. The molecule has 144 valence electrons. The lowest BCUT2D eigenvalue weighted by Crippen LogP contribution is -2.27. The summed E-state index contributed by atoms with van der Waals surface area (Å²) < 4.78 is 0. The lowest BCUT2D eigenvalue weighted by Gasteiger charge is -2.25. The van der Waals surface area contributed by atoms with Crippen LogP contribution in [0.15, 0.2) is 24.3 Å². The second kappa shape index (κ2) is 8.49. The average Bonchev–Trinajstić information content (AvgIpc) is 2.61. The minimum atomic E-state index is -0.500. The van der Waals surface area contributed by atoms with Crippen LogP contribution in [0.25, 0.3) is 0 Å². The molecule has 0 aliphatic heterocycles. The van der Waals surface area contributed by atoms with Crippen LogP contribution < -0.4 is 16.8 Å². The van der Waals surface area contributed by atoms with Gasteiger partial charge in [-0.3, -0.25) is 10.1 Å². The Bertz CT molecular complexity index is 823. The van der Waals surface area contributed by atoms with Gasteiger partial charge in [0.1, 0.15) is 5.69 Å². The zero-order chi connectivity index (χ0) is 19.4. The second-order valence-corrected chi connectivity index (χ2v) is 7.39. The summed E-state index contributed by atoms with van der Waals surface area (Å²) in [6, 6.07) is 7.61. The highest BCUT2D eigenvalue weighted by atomic mass is 35.5. The van der Waals surface area contributed by atoms with E-state index in [1.807, 2.05) is 18.2 Å². The highest BCUT2D eigenvalue weighted by Gasteiger charge is 2.27. The molecular formula is C18H23ClN6O2. The molecule has 9 heteroatoms. The van der Waals surface area contributed by atoms with Gasteiger partial charge in [-0.1, -0.05) is 23.7 Å². The van der Waals surface area contributed by atoms with E-state index in [1.54, 1.807) is 6.07 Å². The molecule has 1 saturated carbocycles. The van der Waals surface area contributed by atoms with E-state index in [-0.39, 0.29) is 23.5 Å². The van der Waals surface area contributed by atoms with Crippen LogP contribution in [0.2, 0.25) is 5.02 Å². The summed E-state index contributed by atoms with van der Waals surface area (Å²) in [5, 5.41) is 15.2. The smallest absolute Gasteiger partial charge is 0.332 e. The van der Waals surface area contributed by atoms with Crippen LogP contribution in [0.1, 0.15) is 36.9 Å². The van der Waals surface area contributed by atoms with Crippen LogP contribution in [0.4, 0.5) is 17.5 Å². The Labute approximate surface area is 162 Å². The van der Waals surface area contributed by atoms with Crippen molar-refractivity contribution in [2.45, 2.75) is 44.7 Å². The molecule has 0 saturated heterocycles. The molecule has 0 radical (unpaired) electrons. The van der Waals surface area contributed by atoms with Gasteiger partial charge in [0, 0.05) is 17.6 Å². The number of nitrogen functional groups attached to an aromatic ring is 1. The Balaban J connectivity index is 1.79. The van der Waals surface area contributed by atoms with Gasteiger partial charge in [0.05, 0.1) is 4.92 Å². The molecule has 0 spiro atoms. The van der Waals surface area contributed by atoms with Gasteiger partial charge in [0.2, 0.25) is 11.8 Å². The molecular weight excluding hydrogens is 368 g/mol. The predicted octanol–water partition coefficient (Wildman–Crippen LogP) is 3.29. The Morgan fingerprint density at radius 1 is 1.26 bits per heavy atom. The van der Waals surface area contributed by atoms with E-state index in [9.17, 15) is 10.1 Å². The number of hydrogen-bond acceptors (Lipinski definition) is 7. The fraction of sp³-hybridized carbons (Fsp3) is 0.444. The second-order valence-electron chi connectivity index (χ2n) is 6.95. The van der Waals surface area contributed by atoms with Gasteiger partial charge in [-0.05, 0) is 55.7 Å². The van der Waals surface area contributed by atoms with Crippen LogP contribution in [0, 0.1) is 16.0 Å². The zero-order valence-electron chi connectivity index (χ0n) is 14.9. The first-order valence-corrected chi connectivity index (χ1v) is 9.35. The number of rotatable bonds is 6. The molecule has 1 fully saturated rings. The van der Waals surface area contributed by atoms with Crippen molar-refractivity contribution in [2.75, 3.05) is 11.1 Å². The summed E-state index contributed by atoms with van der Waals surface area (Å²) in [4.78, 5) is 19.4. The van der Waals surface area contributed by atoms with Gasteiger partial charge in [-0.25, -0.2) is 4.98 Å². The quantitative estimate of drug-likeness (QED) is 0.509. The number of nitrogens with one attached hydrogen (secondary N) is 1. The highest BCUT2D eigenvalue weighted by molar-refractivity contribution is 6.30. The summed E-state index contributed by atoms with van der Waals surface area (Å²) in [6.45, 7) is 0.440. The first kappa shape index (κ1) is 19.3. The van der Waals surface area contributed by atoms with Crippen molar-refractivity contribution in [3.05, 3.63) is 50.7 Å². The molecule has 5 N–H and O–H groups in total. The third kappa shape index (κ3) is 5.05. The molecule has 1 heterocycles.